The van der Waals surface area contributed by atoms with Crippen LogP contribution in [0.3, 0.4) is 0 Å². The minimum Gasteiger partial charge on any atom is -0.469 e. The fraction of sp³-hybridized carbons (Fsp3) is 0.231. The Balaban J connectivity index is 1.45. The molecule has 2 aliphatic rings. The van der Waals surface area contributed by atoms with Crippen molar-refractivity contribution in [1.82, 2.24) is 0 Å². The maximum Gasteiger partial charge on any atom is 0.409 e. The van der Waals surface area contributed by atoms with Crippen molar-refractivity contribution in [2.24, 2.45) is 5.41 Å². The summed E-state index contributed by atoms with van der Waals surface area (Å²) in [6.07, 6.45) is 1.32. The van der Waals surface area contributed by atoms with Crippen LogP contribution in [0, 0.1) is 26.2 Å². The molecule has 0 fully saturated rings. The molecule has 224 valence electrons. The van der Waals surface area contributed by atoms with Crippen molar-refractivity contribution >= 4 is 46.3 Å². The van der Waals surface area contributed by atoms with Gasteiger partial charge in [0.1, 0.15) is 0 Å². The molecule has 1 atom stereocenters. The molecule has 5 nitrogen and oxygen atoms in total. The molecule has 5 aromatic carbocycles. The number of hydrogen-bond acceptors (Lipinski definition) is 5. The number of nitrogens with zero attached hydrogens (tertiary/aromatic N) is 1. The van der Waals surface area contributed by atoms with Crippen molar-refractivity contribution in [3.05, 3.63) is 136 Å². The SMILES string of the molecule is COC(=O)C1(C)Cc2c(C)c(C)c(B3Nc4c(C(=O)c5ccccc5)ccc5cccc(c45)N3Cc3ccccc3)c(C)c2C1. The maximum atomic E-state index is 14.0. The van der Waals surface area contributed by atoms with Crippen LogP contribution in [0.1, 0.15) is 56.2 Å². The van der Waals surface area contributed by atoms with Crippen LogP contribution >= 0.6 is 0 Å². The number of ether oxygens (including phenoxy) is 1. The van der Waals surface area contributed by atoms with Crippen LogP contribution in [0.4, 0.5) is 11.4 Å². The number of anilines is 2. The molecule has 0 amide bonds. The van der Waals surface area contributed by atoms with E-state index >= 15 is 0 Å². The van der Waals surface area contributed by atoms with E-state index < -0.39 is 5.41 Å². The Labute approximate surface area is 265 Å². The molecule has 0 saturated heterocycles. The Morgan fingerprint density at radius 2 is 1.49 bits per heavy atom. The number of nitrogens with one attached hydrogen (secondary N) is 1. The van der Waals surface area contributed by atoms with Gasteiger partial charge in [-0.1, -0.05) is 78.9 Å². The highest BCUT2D eigenvalue weighted by Gasteiger charge is 2.45. The molecule has 5 aromatic rings. The Morgan fingerprint density at radius 3 is 2.18 bits per heavy atom. The van der Waals surface area contributed by atoms with Crippen LogP contribution in [0.15, 0.2) is 91.0 Å². The van der Waals surface area contributed by atoms with Gasteiger partial charge in [-0.25, -0.2) is 0 Å². The average Bonchev–Trinajstić information content (AvgIpc) is 3.45. The van der Waals surface area contributed by atoms with E-state index in [1.54, 1.807) is 0 Å². The predicted octanol–water partition coefficient (Wildman–Crippen LogP) is 7.10. The number of methoxy groups -OCH3 is 1. The summed E-state index contributed by atoms with van der Waals surface area (Å²) in [7, 11) is 1.48. The zero-order chi connectivity index (χ0) is 31.5. The first-order chi connectivity index (χ1) is 21.7. The van der Waals surface area contributed by atoms with Gasteiger partial charge in [-0.15, -0.1) is 0 Å². The topological polar surface area (TPSA) is 58.6 Å². The number of carbonyl (C=O) groups is 2. The van der Waals surface area contributed by atoms with Crippen molar-refractivity contribution in [1.29, 1.82) is 0 Å². The highest BCUT2D eigenvalue weighted by molar-refractivity contribution is 6.81. The van der Waals surface area contributed by atoms with E-state index in [2.05, 4.69) is 79.3 Å². The van der Waals surface area contributed by atoms with Crippen LogP contribution in [0.25, 0.3) is 10.8 Å². The zero-order valence-electron chi connectivity index (χ0n) is 26.5. The second kappa shape index (κ2) is 11.0. The van der Waals surface area contributed by atoms with Crippen LogP contribution in [-0.4, -0.2) is 25.8 Å². The van der Waals surface area contributed by atoms with Gasteiger partial charge < -0.3 is 14.8 Å². The first kappa shape index (κ1) is 28.9. The number of benzene rings is 5. The number of carbonyl (C=O) groups excluding carboxylic acids is 2. The molecule has 6 heteroatoms. The van der Waals surface area contributed by atoms with Crippen molar-refractivity contribution < 1.29 is 14.3 Å². The van der Waals surface area contributed by atoms with Crippen LogP contribution < -0.4 is 15.5 Å². The van der Waals surface area contributed by atoms with E-state index in [9.17, 15) is 9.59 Å². The van der Waals surface area contributed by atoms with E-state index in [0.717, 1.165) is 22.1 Å². The molecule has 0 aromatic heterocycles. The number of rotatable bonds is 6. The summed E-state index contributed by atoms with van der Waals surface area (Å²) >= 11 is 0. The summed E-state index contributed by atoms with van der Waals surface area (Å²) < 4.78 is 5.26. The summed E-state index contributed by atoms with van der Waals surface area (Å²) in [5.41, 5.74) is 11.2. The summed E-state index contributed by atoms with van der Waals surface area (Å²) in [5, 5.41) is 6.08. The Morgan fingerprint density at radius 1 is 0.822 bits per heavy atom. The molecule has 7 rings (SSSR count). The molecule has 0 radical (unpaired) electrons. The van der Waals surface area contributed by atoms with E-state index in [4.69, 9.17) is 4.74 Å². The van der Waals surface area contributed by atoms with Crippen molar-refractivity contribution in [2.75, 3.05) is 17.1 Å². The molecule has 1 heterocycles. The van der Waals surface area contributed by atoms with Crippen LogP contribution in [0.2, 0.25) is 0 Å². The summed E-state index contributed by atoms with van der Waals surface area (Å²) in [5.74, 6) is -0.166. The quantitative estimate of drug-likeness (QED) is 0.130. The molecule has 1 unspecified atom stereocenters. The Bertz CT molecular complexity index is 1990. The maximum absolute atomic E-state index is 14.0. The standard InChI is InChI=1S/C39H37BN2O3/c1-24-25(2)35(26(3)32-22-39(4,21-31(24)32)38(44)45-5)40-41-36-30(37(43)29-15-10-7-11-16-29)20-19-28-17-12-18-33(34(28)36)42(40)23-27-13-8-6-9-14-27/h6-20,41H,21-23H2,1-5H3. The monoisotopic (exact) mass is 592 g/mol. The van der Waals surface area contributed by atoms with Gasteiger partial charge in [0.15, 0.2) is 5.78 Å². The molecule has 0 saturated carbocycles. The second-order valence-corrected chi connectivity index (χ2v) is 12.9. The van der Waals surface area contributed by atoms with Crippen molar-refractivity contribution in [3.8, 4) is 0 Å². The van der Waals surface area contributed by atoms with Gasteiger partial charge in [-0.2, -0.15) is 0 Å². The fourth-order valence-electron chi connectivity index (χ4n) is 7.67. The number of esters is 1. The second-order valence-electron chi connectivity index (χ2n) is 12.9. The molecular weight excluding hydrogens is 555 g/mol. The molecule has 1 aliphatic heterocycles. The van der Waals surface area contributed by atoms with Gasteiger partial charge in [0.2, 0.25) is 0 Å². The Kier molecular flexibility index (Phi) is 7.04. The predicted molar refractivity (Wildman–Crippen MR) is 184 cm³/mol. The van der Waals surface area contributed by atoms with E-state index in [1.807, 2.05) is 49.4 Å². The number of hydrogen-bond donors (Lipinski definition) is 1. The summed E-state index contributed by atoms with van der Waals surface area (Å²) in [6, 6.07) is 30.5. The normalized spacial score (nSPS) is 16.8. The minimum atomic E-state index is -0.588. The van der Waals surface area contributed by atoms with Gasteiger partial charge in [0, 0.05) is 34.4 Å². The molecule has 1 N–H and O–H groups in total. The van der Waals surface area contributed by atoms with Gasteiger partial charge in [-0.05, 0) is 96.9 Å². The van der Waals surface area contributed by atoms with Crippen molar-refractivity contribution in [2.45, 2.75) is 47.1 Å². The van der Waals surface area contributed by atoms with Gasteiger partial charge in [-0.3, -0.25) is 9.59 Å². The lowest BCUT2D eigenvalue weighted by molar-refractivity contribution is -0.151. The molecule has 0 bridgehead atoms. The minimum absolute atomic E-state index is 0.00233. The first-order valence-corrected chi connectivity index (χ1v) is 15.6. The van der Waals surface area contributed by atoms with Gasteiger partial charge in [0.25, 0.3) is 0 Å². The smallest absolute Gasteiger partial charge is 0.409 e. The third-order valence-electron chi connectivity index (χ3n) is 10.1. The fourth-order valence-corrected chi connectivity index (χ4v) is 7.67. The first-order valence-electron chi connectivity index (χ1n) is 15.6. The lowest BCUT2D eigenvalue weighted by atomic mass is 9.58. The summed E-state index contributed by atoms with van der Waals surface area (Å²) in [4.78, 5) is 29.4. The van der Waals surface area contributed by atoms with E-state index in [1.165, 1.54) is 46.0 Å². The zero-order valence-corrected chi connectivity index (χ0v) is 26.5. The third kappa shape index (κ3) is 4.62. The number of fused-ring (bicyclic) bond motifs is 1. The van der Waals surface area contributed by atoms with Crippen molar-refractivity contribution in [3.63, 3.8) is 0 Å². The summed E-state index contributed by atoms with van der Waals surface area (Å²) in [6.45, 7) is 9.04. The van der Waals surface area contributed by atoms with E-state index in [-0.39, 0.29) is 18.7 Å². The van der Waals surface area contributed by atoms with E-state index in [0.29, 0.717) is 30.5 Å². The third-order valence-corrected chi connectivity index (χ3v) is 10.1. The lowest BCUT2D eigenvalue weighted by Gasteiger charge is -2.40. The highest BCUT2D eigenvalue weighted by Crippen LogP contribution is 2.44. The molecule has 45 heavy (non-hydrogen) atoms. The van der Waals surface area contributed by atoms with Crippen LogP contribution in [-0.2, 0) is 28.9 Å². The van der Waals surface area contributed by atoms with Crippen LogP contribution in [0.5, 0.6) is 0 Å². The number of ketones is 1. The molecule has 0 spiro atoms. The largest absolute Gasteiger partial charge is 0.469 e. The molecular formula is C39H37BN2O3. The van der Waals surface area contributed by atoms with Gasteiger partial charge in [0.05, 0.1) is 12.5 Å². The lowest BCUT2D eigenvalue weighted by Crippen LogP contribution is -2.58. The average molecular weight is 593 g/mol. The molecule has 1 aliphatic carbocycles. The highest BCUT2D eigenvalue weighted by atomic mass is 16.5. The van der Waals surface area contributed by atoms with Gasteiger partial charge >= 0.3 is 13.0 Å². The Hall–Kier alpha value is -4.84.